The highest BCUT2D eigenvalue weighted by Crippen LogP contribution is 2.29. The van der Waals surface area contributed by atoms with Crippen LogP contribution in [-0.4, -0.2) is 29.3 Å². The summed E-state index contributed by atoms with van der Waals surface area (Å²) >= 11 is 1.23. The van der Waals surface area contributed by atoms with Crippen LogP contribution in [0.2, 0.25) is 0 Å². The normalized spacial score (nSPS) is 10.8. The molecule has 0 spiro atoms. The molecular formula is C22H19N3O5S. The van der Waals surface area contributed by atoms with Crippen LogP contribution < -0.4 is 26.0 Å². The van der Waals surface area contributed by atoms with Gasteiger partial charge in [0.15, 0.2) is 0 Å². The summed E-state index contributed by atoms with van der Waals surface area (Å²) < 4.78 is 13.3. The van der Waals surface area contributed by atoms with Gasteiger partial charge in [0.1, 0.15) is 22.7 Å². The third kappa shape index (κ3) is 3.82. The lowest BCUT2D eigenvalue weighted by Gasteiger charge is -2.14. The number of hydrogen-bond acceptors (Lipinski definition) is 6. The first-order valence-corrected chi connectivity index (χ1v) is 10.2. The maximum absolute atomic E-state index is 13.2. The third-order valence-corrected chi connectivity index (χ3v) is 5.64. The number of fused-ring (bicyclic) bond motifs is 1. The first-order valence-electron chi connectivity index (χ1n) is 9.34. The Bertz CT molecular complexity index is 1370. The Hall–Kier alpha value is -3.85. The smallest absolute Gasteiger partial charge is 0.336 e. The first kappa shape index (κ1) is 20.4. The number of thiophene rings is 1. The number of aromatic nitrogens is 2. The maximum Gasteiger partial charge on any atom is 0.336 e. The molecule has 2 heterocycles. The molecule has 0 saturated carbocycles. The zero-order valence-electron chi connectivity index (χ0n) is 16.8. The molecule has 31 heavy (non-hydrogen) atoms. The highest BCUT2D eigenvalue weighted by atomic mass is 32.1. The van der Waals surface area contributed by atoms with Gasteiger partial charge in [0, 0.05) is 6.07 Å². The standard InChI is InChI=1S/C22H19N3O5S/c1-29-15-8-9-18(30-2)16(12-15)23-19(26)13-24-17-10-11-31-20(17)21(27)25(22(24)28)14-6-4-3-5-7-14/h3-12H,13H2,1-2H3,(H,23,26). The number of carbonyl (C=O) groups excluding carboxylic acids is 1. The zero-order valence-corrected chi connectivity index (χ0v) is 17.6. The molecule has 8 nitrogen and oxygen atoms in total. The van der Waals surface area contributed by atoms with Crippen LogP contribution in [0.1, 0.15) is 0 Å². The minimum atomic E-state index is -0.588. The van der Waals surface area contributed by atoms with E-state index in [-0.39, 0.29) is 6.54 Å². The fourth-order valence-electron chi connectivity index (χ4n) is 3.29. The van der Waals surface area contributed by atoms with Crippen LogP contribution in [0.4, 0.5) is 5.69 Å². The van der Waals surface area contributed by atoms with E-state index in [9.17, 15) is 14.4 Å². The van der Waals surface area contributed by atoms with Gasteiger partial charge in [0.25, 0.3) is 5.56 Å². The van der Waals surface area contributed by atoms with E-state index in [1.54, 1.807) is 60.0 Å². The fraction of sp³-hybridized carbons (Fsp3) is 0.136. The summed E-state index contributed by atoms with van der Waals surface area (Å²) in [4.78, 5) is 39.0. The molecule has 158 valence electrons. The van der Waals surface area contributed by atoms with Gasteiger partial charge in [-0.2, -0.15) is 0 Å². The average molecular weight is 437 g/mol. The molecule has 0 saturated heterocycles. The number of rotatable bonds is 6. The van der Waals surface area contributed by atoms with E-state index in [1.165, 1.54) is 30.1 Å². The zero-order chi connectivity index (χ0) is 22.0. The largest absolute Gasteiger partial charge is 0.497 e. The molecule has 0 radical (unpaired) electrons. The second kappa shape index (κ2) is 8.49. The minimum Gasteiger partial charge on any atom is -0.497 e. The predicted octanol–water partition coefficient (Wildman–Crippen LogP) is 2.87. The summed E-state index contributed by atoms with van der Waals surface area (Å²) in [7, 11) is 3.01. The van der Waals surface area contributed by atoms with Gasteiger partial charge in [0.05, 0.1) is 31.1 Å². The number of anilines is 1. The van der Waals surface area contributed by atoms with Gasteiger partial charge in [-0.05, 0) is 35.7 Å². The first-order chi connectivity index (χ1) is 15.0. The molecule has 4 rings (SSSR count). The summed E-state index contributed by atoms with van der Waals surface area (Å²) in [5, 5.41) is 4.48. The van der Waals surface area contributed by atoms with E-state index in [0.717, 1.165) is 4.57 Å². The van der Waals surface area contributed by atoms with E-state index in [1.807, 2.05) is 0 Å². The third-order valence-electron chi connectivity index (χ3n) is 4.75. The van der Waals surface area contributed by atoms with Gasteiger partial charge in [-0.15, -0.1) is 11.3 Å². The lowest BCUT2D eigenvalue weighted by molar-refractivity contribution is -0.116. The van der Waals surface area contributed by atoms with Gasteiger partial charge in [-0.1, -0.05) is 18.2 Å². The van der Waals surface area contributed by atoms with Crippen molar-refractivity contribution in [3.63, 3.8) is 0 Å². The highest BCUT2D eigenvalue weighted by molar-refractivity contribution is 7.17. The van der Waals surface area contributed by atoms with Crippen molar-refractivity contribution < 1.29 is 14.3 Å². The molecule has 1 N–H and O–H groups in total. The van der Waals surface area contributed by atoms with E-state index in [2.05, 4.69) is 5.32 Å². The number of amides is 1. The molecule has 0 aliphatic carbocycles. The summed E-state index contributed by atoms with van der Waals surface area (Å²) in [5.41, 5.74) is 0.274. The van der Waals surface area contributed by atoms with E-state index in [4.69, 9.17) is 9.47 Å². The SMILES string of the molecule is COc1ccc(OC)c(NC(=O)Cn2c(=O)n(-c3ccccc3)c(=O)c3sccc32)c1. The number of ether oxygens (including phenoxy) is 2. The van der Waals surface area contributed by atoms with Crippen LogP contribution >= 0.6 is 11.3 Å². The summed E-state index contributed by atoms with van der Waals surface area (Å²) in [5.74, 6) is 0.557. The number of para-hydroxylation sites is 1. The van der Waals surface area contributed by atoms with Crippen LogP contribution in [0, 0.1) is 0 Å². The Morgan fingerprint density at radius 1 is 1.03 bits per heavy atom. The summed E-state index contributed by atoms with van der Waals surface area (Å²) in [6.07, 6.45) is 0. The van der Waals surface area contributed by atoms with Gasteiger partial charge >= 0.3 is 5.69 Å². The fourth-order valence-corrected chi connectivity index (χ4v) is 4.11. The second-order valence-corrected chi connectivity index (χ2v) is 7.51. The molecule has 4 aromatic rings. The molecule has 0 aliphatic heterocycles. The second-order valence-electron chi connectivity index (χ2n) is 6.59. The molecule has 0 unspecified atom stereocenters. The van der Waals surface area contributed by atoms with Gasteiger partial charge in [0.2, 0.25) is 5.91 Å². The Kier molecular flexibility index (Phi) is 5.59. The van der Waals surface area contributed by atoms with Crippen molar-refractivity contribution in [2.75, 3.05) is 19.5 Å². The van der Waals surface area contributed by atoms with Crippen LogP contribution in [0.25, 0.3) is 15.9 Å². The maximum atomic E-state index is 13.2. The number of methoxy groups -OCH3 is 2. The quantitative estimate of drug-likeness (QED) is 0.501. The number of benzene rings is 2. The summed E-state index contributed by atoms with van der Waals surface area (Å²) in [6, 6.07) is 15.3. The molecule has 0 fully saturated rings. The Morgan fingerprint density at radius 3 is 2.52 bits per heavy atom. The van der Waals surface area contributed by atoms with Crippen molar-refractivity contribution in [1.82, 2.24) is 9.13 Å². The van der Waals surface area contributed by atoms with Crippen LogP contribution in [0.15, 0.2) is 69.6 Å². The van der Waals surface area contributed by atoms with Crippen LogP contribution in [-0.2, 0) is 11.3 Å². The van der Waals surface area contributed by atoms with Crippen molar-refractivity contribution >= 4 is 33.1 Å². The van der Waals surface area contributed by atoms with E-state index < -0.39 is 17.2 Å². The van der Waals surface area contributed by atoms with Gasteiger partial charge < -0.3 is 14.8 Å². The predicted molar refractivity (Wildman–Crippen MR) is 120 cm³/mol. The lowest BCUT2D eigenvalue weighted by atomic mass is 10.2. The number of hydrogen-bond donors (Lipinski definition) is 1. The number of nitrogens with zero attached hydrogens (tertiary/aromatic N) is 2. The molecule has 0 aliphatic rings. The highest BCUT2D eigenvalue weighted by Gasteiger charge is 2.18. The topological polar surface area (TPSA) is 91.6 Å². The monoisotopic (exact) mass is 437 g/mol. The van der Waals surface area contributed by atoms with E-state index in [0.29, 0.717) is 33.1 Å². The molecule has 0 bridgehead atoms. The number of carbonyl (C=O) groups is 1. The molecular weight excluding hydrogens is 418 g/mol. The Balaban J connectivity index is 1.76. The molecule has 0 atom stereocenters. The van der Waals surface area contributed by atoms with E-state index >= 15 is 0 Å². The Labute approximate surface area is 180 Å². The van der Waals surface area contributed by atoms with Gasteiger partial charge in [-0.25, -0.2) is 9.36 Å². The van der Waals surface area contributed by atoms with Crippen molar-refractivity contribution in [1.29, 1.82) is 0 Å². The lowest BCUT2D eigenvalue weighted by Crippen LogP contribution is -2.40. The van der Waals surface area contributed by atoms with Crippen molar-refractivity contribution in [3.8, 4) is 17.2 Å². The molecule has 2 aromatic heterocycles. The van der Waals surface area contributed by atoms with Crippen molar-refractivity contribution in [2.45, 2.75) is 6.54 Å². The van der Waals surface area contributed by atoms with Crippen LogP contribution in [0.3, 0.4) is 0 Å². The van der Waals surface area contributed by atoms with Crippen molar-refractivity contribution in [3.05, 3.63) is 80.8 Å². The van der Waals surface area contributed by atoms with Gasteiger partial charge in [-0.3, -0.25) is 14.2 Å². The molecule has 1 amide bonds. The van der Waals surface area contributed by atoms with Crippen LogP contribution in [0.5, 0.6) is 11.5 Å². The minimum absolute atomic E-state index is 0.278. The molecule has 9 heteroatoms. The Morgan fingerprint density at radius 2 is 1.81 bits per heavy atom. The number of nitrogens with one attached hydrogen (secondary N) is 1. The van der Waals surface area contributed by atoms with Crippen molar-refractivity contribution in [2.24, 2.45) is 0 Å². The molecule has 2 aromatic carbocycles. The summed E-state index contributed by atoms with van der Waals surface area (Å²) in [6.45, 7) is -0.278. The average Bonchev–Trinajstić information content (AvgIpc) is 3.27.